The predicted molar refractivity (Wildman–Crippen MR) is 126 cm³/mol. The Labute approximate surface area is 194 Å². The Morgan fingerprint density at radius 2 is 1.75 bits per heavy atom. The number of rotatable bonds is 9. The maximum Gasteiger partial charge on any atom is 0.321 e. The molecule has 174 valence electrons. The molecule has 0 aliphatic carbocycles. The highest BCUT2D eigenvalue weighted by Crippen LogP contribution is 2.24. The topological polar surface area (TPSA) is 92.2 Å². The number of hydrogen-bond donors (Lipinski definition) is 2. The number of nitrogens with zero attached hydrogens (tertiary/aromatic N) is 4. The van der Waals surface area contributed by atoms with Gasteiger partial charge in [0.25, 0.3) is 0 Å². The molecule has 9 heteroatoms. The van der Waals surface area contributed by atoms with Crippen molar-refractivity contribution < 1.29 is 9.59 Å². The summed E-state index contributed by atoms with van der Waals surface area (Å²) in [4.78, 5) is 26.9. The molecule has 2 heterocycles. The number of imide groups is 1. The second-order valence-corrected chi connectivity index (χ2v) is 9.97. The van der Waals surface area contributed by atoms with E-state index in [1.807, 2.05) is 32.0 Å². The average Bonchev–Trinajstić information content (AvgIpc) is 3.14. The normalized spacial score (nSPS) is 15.5. The number of urea groups is 1. The van der Waals surface area contributed by atoms with Crippen LogP contribution < -0.4 is 10.6 Å². The molecule has 1 unspecified atom stereocenters. The Hall–Kier alpha value is -2.39. The third kappa shape index (κ3) is 7.34. The number of benzene rings is 1. The van der Waals surface area contributed by atoms with E-state index in [-0.39, 0.29) is 5.91 Å². The van der Waals surface area contributed by atoms with E-state index < -0.39 is 11.3 Å². The minimum Gasteiger partial charge on any atom is -0.338 e. The number of thioether (sulfide) groups is 1. The van der Waals surface area contributed by atoms with Crippen molar-refractivity contribution in [3.05, 3.63) is 41.7 Å². The van der Waals surface area contributed by atoms with Crippen molar-refractivity contribution in [3.8, 4) is 0 Å². The third-order valence-corrected chi connectivity index (χ3v) is 6.43. The van der Waals surface area contributed by atoms with Gasteiger partial charge in [0.1, 0.15) is 5.82 Å². The van der Waals surface area contributed by atoms with Crippen LogP contribution in [0.1, 0.15) is 51.4 Å². The molecule has 0 bridgehead atoms. The number of carbonyl (C=O) groups is 2. The van der Waals surface area contributed by atoms with Gasteiger partial charge in [0.05, 0.1) is 18.3 Å². The van der Waals surface area contributed by atoms with E-state index in [9.17, 15) is 9.59 Å². The van der Waals surface area contributed by atoms with Crippen LogP contribution in [-0.2, 0) is 17.9 Å². The molecule has 1 atom stereocenters. The fourth-order valence-electron chi connectivity index (χ4n) is 3.53. The SMILES string of the molecule is CC(C)CNC(=O)NC(=O)C(C)Sc1nnc(CN2CCCCC2)n1Cc1ccccc1. The molecule has 8 nitrogen and oxygen atoms in total. The molecule has 0 radical (unpaired) electrons. The Morgan fingerprint density at radius 1 is 1.03 bits per heavy atom. The number of amides is 3. The lowest BCUT2D eigenvalue weighted by atomic mass is 10.1. The third-order valence-electron chi connectivity index (χ3n) is 5.35. The predicted octanol–water partition coefficient (Wildman–Crippen LogP) is 3.27. The average molecular weight is 459 g/mol. The lowest BCUT2D eigenvalue weighted by Gasteiger charge is -2.26. The summed E-state index contributed by atoms with van der Waals surface area (Å²) >= 11 is 1.33. The van der Waals surface area contributed by atoms with Gasteiger partial charge in [0.15, 0.2) is 5.16 Å². The Kier molecular flexibility index (Phi) is 9.11. The summed E-state index contributed by atoms with van der Waals surface area (Å²) in [5.74, 6) is 0.876. The fraction of sp³-hybridized carbons (Fsp3) is 0.565. The van der Waals surface area contributed by atoms with Crippen molar-refractivity contribution in [2.24, 2.45) is 5.92 Å². The standard InChI is InChI=1S/C23H34N6O2S/c1-17(2)14-24-22(31)25-21(30)18(3)32-23-27-26-20(16-28-12-8-5-9-13-28)29(23)15-19-10-6-4-7-11-19/h4,6-7,10-11,17-18H,5,8-9,12-16H2,1-3H3,(H2,24,25,30,31). The molecule has 0 spiro atoms. The fourth-order valence-corrected chi connectivity index (χ4v) is 4.40. The van der Waals surface area contributed by atoms with Gasteiger partial charge in [0, 0.05) is 6.54 Å². The van der Waals surface area contributed by atoms with Crippen molar-refractivity contribution in [1.29, 1.82) is 0 Å². The zero-order valence-corrected chi connectivity index (χ0v) is 20.0. The van der Waals surface area contributed by atoms with E-state index in [0.717, 1.165) is 31.0 Å². The smallest absolute Gasteiger partial charge is 0.321 e. The van der Waals surface area contributed by atoms with Gasteiger partial charge >= 0.3 is 6.03 Å². The minimum atomic E-state index is -0.485. The van der Waals surface area contributed by atoms with E-state index in [1.54, 1.807) is 6.92 Å². The molecule has 3 amide bonds. The number of piperidine rings is 1. The first-order valence-corrected chi connectivity index (χ1v) is 12.2. The molecule has 2 N–H and O–H groups in total. The summed E-state index contributed by atoms with van der Waals surface area (Å²) in [5, 5.41) is 14.2. The van der Waals surface area contributed by atoms with E-state index in [2.05, 4.69) is 42.4 Å². The second-order valence-electron chi connectivity index (χ2n) is 8.66. The van der Waals surface area contributed by atoms with Crippen LogP contribution >= 0.6 is 11.8 Å². The van der Waals surface area contributed by atoms with Crippen LogP contribution in [0.3, 0.4) is 0 Å². The maximum atomic E-state index is 12.5. The Morgan fingerprint density at radius 3 is 2.44 bits per heavy atom. The van der Waals surface area contributed by atoms with Gasteiger partial charge in [-0.15, -0.1) is 10.2 Å². The molecule has 0 saturated carbocycles. The molecule has 1 aliphatic heterocycles. The van der Waals surface area contributed by atoms with Crippen LogP contribution in [0.5, 0.6) is 0 Å². The van der Waals surface area contributed by atoms with Crippen molar-refractivity contribution in [2.75, 3.05) is 19.6 Å². The lowest BCUT2D eigenvalue weighted by Crippen LogP contribution is -2.43. The van der Waals surface area contributed by atoms with Crippen LogP contribution in [0.2, 0.25) is 0 Å². The molecule has 1 aromatic carbocycles. The summed E-state index contributed by atoms with van der Waals surface area (Å²) in [6, 6.07) is 9.72. The van der Waals surface area contributed by atoms with Gasteiger partial charge in [-0.25, -0.2) is 4.79 Å². The highest BCUT2D eigenvalue weighted by atomic mass is 32.2. The van der Waals surface area contributed by atoms with Gasteiger partial charge in [-0.05, 0) is 44.3 Å². The van der Waals surface area contributed by atoms with Gasteiger partial charge in [-0.2, -0.15) is 0 Å². The number of nitrogens with one attached hydrogen (secondary N) is 2. The molecule has 1 fully saturated rings. The zero-order valence-electron chi connectivity index (χ0n) is 19.2. The van der Waals surface area contributed by atoms with Crippen LogP contribution in [0, 0.1) is 5.92 Å². The minimum absolute atomic E-state index is 0.317. The van der Waals surface area contributed by atoms with Crippen LogP contribution in [-0.4, -0.2) is 56.5 Å². The molecule has 1 aliphatic rings. The highest BCUT2D eigenvalue weighted by molar-refractivity contribution is 8.00. The summed E-state index contributed by atoms with van der Waals surface area (Å²) < 4.78 is 2.09. The number of hydrogen-bond acceptors (Lipinski definition) is 6. The summed E-state index contributed by atoms with van der Waals surface area (Å²) in [6.07, 6.45) is 3.71. The molecule has 3 rings (SSSR count). The van der Waals surface area contributed by atoms with E-state index in [4.69, 9.17) is 0 Å². The van der Waals surface area contributed by atoms with Gasteiger partial charge in [-0.3, -0.25) is 15.0 Å². The van der Waals surface area contributed by atoms with Crippen molar-refractivity contribution in [3.63, 3.8) is 0 Å². The van der Waals surface area contributed by atoms with Gasteiger partial charge in [-0.1, -0.05) is 62.4 Å². The summed E-state index contributed by atoms with van der Waals surface area (Å²) in [7, 11) is 0. The Bertz CT molecular complexity index is 880. The molecule has 32 heavy (non-hydrogen) atoms. The summed E-state index contributed by atoms with van der Waals surface area (Å²) in [6.45, 7) is 9.84. The van der Waals surface area contributed by atoms with Crippen LogP contribution in [0.25, 0.3) is 0 Å². The second kappa shape index (κ2) is 12.0. The molecular weight excluding hydrogens is 424 g/mol. The highest BCUT2D eigenvalue weighted by Gasteiger charge is 2.23. The van der Waals surface area contributed by atoms with Crippen molar-refractivity contribution in [1.82, 2.24) is 30.3 Å². The quantitative estimate of drug-likeness (QED) is 0.561. The molecular formula is C23H34N6O2S. The lowest BCUT2D eigenvalue weighted by molar-refractivity contribution is -0.119. The van der Waals surface area contributed by atoms with E-state index in [0.29, 0.717) is 24.2 Å². The van der Waals surface area contributed by atoms with Crippen molar-refractivity contribution >= 4 is 23.7 Å². The first-order valence-electron chi connectivity index (χ1n) is 11.4. The molecule has 2 aromatic rings. The number of likely N-dealkylation sites (tertiary alicyclic amines) is 1. The van der Waals surface area contributed by atoms with Crippen LogP contribution in [0.4, 0.5) is 4.79 Å². The largest absolute Gasteiger partial charge is 0.338 e. The van der Waals surface area contributed by atoms with Gasteiger partial charge < -0.3 is 9.88 Å². The monoisotopic (exact) mass is 458 g/mol. The Balaban J connectivity index is 1.70. The first kappa shape index (κ1) is 24.3. The number of carbonyl (C=O) groups excluding carboxylic acids is 2. The molecule has 1 saturated heterocycles. The van der Waals surface area contributed by atoms with E-state index in [1.165, 1.54) is 31.0 Å². The van der Waals surface area contributed by atoms with Crippen molar-refractivity contribution in [2.45, 2.75) is 63.5 Å². The van der Waals surface area contributed by atoms with Crippen LogP contribution in [0.15, 0.2) is 35.5 Å². The van der Waals surface area contributed by atoms with E-state index >= 15 is 0 Å². The first-order chi connectivity index (χ1) is 15.4. The number of aromatic nitrogens is 3. The molecule has 1 aromatic heterocycles. The summed E-state index contributed by atoms with van der Waals surface area (Å²) in [5.41, 5.74) is 1.15. The van der Waals surface area contributed by atoms with Gasteiger partial charge in [0.2, 0.25) is 5.91 Å². The zero-order chi connectivity index (χ0) is 22.9. The maximum absolute atomic E-state index is 12.5.